The summed E-state index contributed by atoms with van der Waals surface area (Å²) in [6.07, 6.45) is 7.46. The summed E-state index contributed by atoms with van der Waals surface area (Å²) in [5.74, 6) is 1.48. The summed E-state index contributed by atoms with van der Waals surface area (Å²) in [4.78, 5) is 13.6. The highest BCUT2D eigenvalue weighted by Crippen LogP contribution is 2.30. The minimum atomic E-state index is 0.410. The average molecular weight is 280 g/mol. The number of nitrogens with zero attached hydrogens (tertiary/aromatic N) is 4. The zero-order chi connectivity index (χ0) is 14.1. The van der Waals surface area contributed by atoms with Crippen LogP contribution in [0.3, 0.4) is 0 Å². The lowest BCUT2D eigenvalue weighted by atomic mass is 9.99. The fourth-order valence-corrected chi connectivity index (χ4v) is 2.90. The third kappa shape index (κ3) is 2.19. The standard InChI is InChI=1S/C16H16N4O/c1-3-13(11-17-7-1)20-15(12-5-9-21-10-6-12)19-14-4-2-8-18-16(14)20/h1-4,7-8,11-12H,5-6,9-10H2. The van der Waals surface area contributed by atoms with Crippen LogP contribution in [0, 0.1) is 0 Å². The molecule has 5 nitrogen and oxygen atoms in total. The maximum Gasteiger partial charge on any atom is 0.164 e. The maximum atomic E-state index is 5.48. The summed E-state index contributed by atoms with van der Waals surface area (Å²) >= 11 is 0. The minimum absolute atomic E-state index is 0.410. The molecule has 5 heteroatoms. The monoisotopic (exact) mass is 280 g/mol. The van der Waals surface area contributed by atoms with E-state index in [0.29, 0.717) is 5.92 Å². The van der Waals surface area contributed by atoms with Gasteiger partial charge in [0, 0.05) is 31.5 Å². The van der Waals surface area contributed by atoms with Gasteiger partial charge in [-0.1, -0.05) is 0 Å². The van der Waals surface area contributed by atoms with Crippen molar-refractivity contribution in [3.05, 3.63) is 48.7 Å². The highest BCUT2D eigenvalue weighted by Gasteiger charge is 2.24. The van der Waals surface area contributed by atoms with Crippen molar-refractivity contribution in [2.75, 3.05) is 13.2 Å². The number of ether oxygens (including phenoxy) is 1. The van der Waals surface area contributed by atoms with Crippen LogP contribution in [-0.2, 0) is 4.74 Å². The molecule has 0 spiro atoms. The van der Waals surface area contributed by atoms with E-state index in [1.165, 1.54) is 0 Å². The van der Waals surface area contributed by atoms with Gasteiger partial charge in [0.1, 0.15) is 11.3 Å². The van der Waals surface area contributed by atoms with Crippen LogP contribution in [0.2, 0.25) is 0 Å². The van der Waals surface area contributed by atoms with Crippen LogP contribution in [0.25, 0.3) is 16.9 Å². The molecule has 21 heavy (non-hydrogen) atoms. The van der Waals surface area contributed by atoms with E-state index in [0.717, 1.165) is 48.7 Å². The molecule has 1 aliphatic heterocycles. The smallest absolute Gasteiger partial charge is 0.164 e. The normalized spacial score (nSPS) is 16.4. The number of aromatic nitrogens is 4. The first-order valence-electron chi connectivity index (χ1n) is 7.25. The predicted molar refractivity (Wildman–Crippen MR) is 79.5 cm³/mol. The summed E-state index contributed by atoms with van der Waals surface area (Å²) in [6.45, 7) is 1.60. The lowest BCUT2D eigenvalue weighted by Gasteiger charge is -2.22. The number of hydrogen-bond acceptors (Lipinski definition) is 4. The Labute approximate surface area is 122 Å². The van der Waals surface area contributed by atoms with Crippen LogP contribution in [0.15, 0.2) is 42.9 Å². The molecule has 4 heterocycles. The van der Waals surface area contributed by atoms with Crippen molar-refractivity contribution in [2.45, 2.75) is 18.8 Å². The zero-order valence-corrected chi connectivity index (χ0v) is 11.6. The van der Waals surface area contributed by atoms with Crippen molar-refractivity contribution in [3.63, 3.8) is 0 Å². The molecule has 0 atom stereocenters. The number of rotatable bonds is 2. The first kappa shape index (κ1) is 12.5. The Balaban J connectivity index is 1.92. The van der Waals surface area contributed by atoms with E-state index in [-0.39, 0.29) is 0 Å². The molecule has 3 aromatic heterocycles. The van der Waals surface area contributed by atoms with Gasteiger partial charge in [-0.15, -0.1) is 0 Å². The second-order valence-electron chi connectivity index (χ2n) is 5.25. The average Bonchev–Trinajstić information content (AvgIpc) is 2.96. The Morgan fingerprint density at radius 1 is 1.10 bits per heavy atom. The van der Waals surface area contributed by atoms with E-state index in [2.05, 4.69) is 14.5 Å². The molecule has 0 aliphatic carbocycles. The Kier molecular flexibility index (Phi) is 3.12. The van der Waals surface area contributed by atoms with Crippen LogP contribution < -0.4 is 0 Å². The summed E-state index contributed by atoms with van der Waals surface area (Å²) in [7, 11) is 0. The molecule has 0 saturated carbocycles. The molecule has 0 bridgehead atoms. The van der Waals surface area contributed by atoms with Crippen molar-refractivity contribution in [3.8, 4) is 5.69 Å². The second-order valence-corrected chi connectivity index (χ2v) is 5.25. The predicted octanol–water partition coefficient (Wildman–Crippen LogP) is 2.71. The van der Waals surface area contributed by atoms with Crippen LogP contribution >= 0.6 is 0 Å². The maximum absolute atomic E-state index is 5.48. The zero-order valence-electron chi connectivity index (χ0n) is 11.6. The Bertz CT molecular complexity index is 747. The Morgan fingerprint density at radius 2 is 1.95 bits per heavy atom. The van der Waals surface area contributed by atoms with Gasteiger partial charge in [0.15, 0.2) is 5.65 Å². The van der Waals surface area contributed by atoms with Crippen molar-refractivity contribution in [1.29, 1.82) is 0 Å². The fourth-order valence-electron chi connectivity index (χ4n) is 2.90. The van der Waals surface area contributed by atoms with Gasteiger partial charge >= 0.3 is 0 Å². The molecule has 1 aliphatic rings. The molecule has 0 amide bonds. The van der Waals surface area contributed by atoms with E-state index < -0.39 is 0 Å². The molecular weight excluding hydrogens is 264 g/mol. The molecule has 1 saturated heterocycles. The quantitative estimate of drug-likeness (QED) is 0.724. The van der Waals surface area contributed by atoms with Gasteiger partial charge in [0.2, 0.25) is 0 Å². The lowest BCUT2D eigenvalue weighted by Crippen LogP contribution is -2.17. The Morgan fingerprint density at radius 3 is 2.76 bits per heavy atom. The van der Waals surface area contributed by atoms with Crippen LogP contribution in [-0.4, -0.2) is 32.7 Å². The molecule has 0 aromatic carbocycles. The molecule has 3 aromatic rings. The summed E-state index contributed by atoms with van der Waals surface area (Å²) in [6, 6.07) is 7.93. The second kappa shape index (κ2) is 5.26. The number of pyridine rings is 2. The molecule has 106 valence electrons. The lowest BCUT2D eigenvalue weighted by molar-refractivity contribution is 0.0834. The van der Waals surface area contributed by atoms with E-state index in [9.17, 15) is 0 Å². The van der Waals surface area contributed by atoms with Gasteiger partial charge in [-0.3, -0.25) is 9.55 Å². The summed E-state index contributed by atoms with van der Waals surface area (Å²) < 4.78 is 7.61. The summed E-state index contributed by atoms with van der Waals surface area (Å²) in [5.41, 5.74) is 2.84. The van der Waals surface area contributed by atoms with Gasteiger partial charge < -0.3 is 4.74 Å². The first-order chi connectivity index (χ1) is 10.4. The van der Waals surface area contributed by atoms with E-state index in [4.69, 9.17) is 9.72 Å². The number of imidazole rings is 1. The third-order valence-electron chi connectivity index (χ3n) is 3.93. The molecular formula is C16H16N4O. The van der Waals surface area contributed by atoms with Crippen LogP contribution in [0.5, 0.6) is 0 Å². The van der Waals surface area contributed by atoms with E-state index >= 15 is 0 Å². The van der Waals surface area contributed by atoms with Crippen LogP contribution in [0.1, 0.15) is 24.6 Å². The highest BCUT2D eigenvalue weighted by molar-refractivity contribution is 5.73. The first-order valence-corrected chi connectivity index (χ1v) is 7.25. The third-order valence-corrected chi connectivity index (χ3v) is 3.93. The highest BCUT2D eigenvalue weighted by atomic mass is 16.5. The molecule has 0 N–H and O–H groups in total. The number of fused-ring (bicyclic) bond motifs is 1. The van der Waals surface area contributed by atoms with Gasteiger partial charge in [-0.2, -0.15) is 0 Å². The van der Waals surface area contributed by atoms with Crippen molar-refractivity contribution >= 4 is 11.2 Å². The Hall–Kier alpha value is -2.27. The SMILES string of the molecule is c1cncc(-n2c(C3CCOCC3)nc3cccnc32)c1. The van der Waals surface area contributed by atoms with E-state index in [1.54, 1.807) is 6.20 Å². The molecule has 1 fully saturated rings. The largest absolute Gasteiger partial charge is 0.381 e. The molecule has 4 rings (SSSR count). The van der Waals surface area contributed by atoms with Gasteiger partial charge in [0.25, 0.3) is 0 Å². The van der Waals surface area contributed by atoms with Crippen molar-refractivity contribution in [1.82, 2.24) is 19.5 Å². The summed E-state index contributed by atoms with van der Waals surface area (Å²) in [5, 5.41) is 0. The number of hydrogen-bond donors (Lipinski definition) is 0. The minimum Gasteiger partial charge on any atom is -0.381 e. The van der Waals surface area contributed by atoms with Crippen LogP contribution in [0.4, 0.5) is 0 Å². The van der Waals surface area contributed by atoms with Gasteiger partial charge in [0.05, 0.1) is 11.9 Å². The van der Waals surface area contributed by atoms with Gasteiger partial charge in [-0.25, -0.2) is 9.97 Å². The van der Waals surface area contributed by atoms with Gasteiger partial charge in [-0.05, 0) is 37.1 Å². The topological polar surface area (TPSA) is 52.8 Å². The van der Waals surface area contributed by atoms with Crippen molar-refractivity contribution in [2.24, 2.45) is 0 Å². The van der Waals surface area contributed by atoms with Crippen molar-refractivity contribution < 1.29 is 4.74 Å². The molecule has 0 unspecified atom stereocenters. The molecule has 0 radical (unpaired) electrons. The van der Waals surface area contributed by atoms with E-state index in [1.807, 2.05) is 36.7 Å². The fraction of sp³-hybridized carbons (Fsp3) is 0.312.